The van der Waals surface area contributed by atoms with Crippen LogP contribution in [0.2, 0.25) is 0 Å². The van der Waals surface area contributed by atoms with Gasteiger partial charge < -0.3 is 10.1 Å². The Bertz CT molecular complexity index is 448. The first-order valence-electron chi connectivity index (χ1n) is 6.09. The van der Waals surface area contributed by atoms with Crippen molar-refractivity contribution in [2.24, 2.45) is 0 Å². The minimum absolute atomic E-state index is 0.0740. The minimum atomic E-state index is -4.39. The lowest BCUT2D eigenvalue weighted by atomic mass is 10.0. The van der Waals surface area contributed by atoms with Gasteiger partial charge in [-0.15, -0.1) is 0 Å². The molecular formula is C13H17F3N2O. The van der Waals surface area contributed by atoms with Gasteiger partial charge in [-0.1, -0.05) is 6.07 Å². The van der Waals surface area contributed by atoms with Crippen molar-refractivity contribution in [3.63, 3.8) is 0 Å². The van der Waals surface area contributed by atoms with Crippen LogP contribution < -0.4 is 10.1 Å². The summed E-state index contributed by atoms with van der Waals surface area (Å²) < 4.78 is 43.2. The van der Waals surface area contributed by atoms with Crippen LogP contribution in [0.5, 0.6) is 5.75 Å². The zero-order chi connectivity index (χ0) is 14.0. The summed E-state index contributed by atoms with van der Waals surface area (Å²) >= 11 is 0. The quantitative estimate of drug-likeness (QED) is 0.895. The number of nitrogens with zero attached hydrogens (tertiary/aromatic N) is 1. The third-order valence-electron chi connectivity index (χ3n) is 3.43. The predicted octanol–water partition coefficient (Wildman–Crippen LogP) is 2.29. The van der Waals surface area contributed by atoms with Crippen LogP contribution in [0.1, 0.15) is 17.2 Å². The van der Waals surface area contributed by atoms with E-state index in [4.69, 9.17) is 4.74 Å². The van der Waals surface area contributed by atoms with Crippen molar-refractivity contribution in [3.8, 4) is 5.75 Å². The van der Waals surface area contributed by atoms with E-state index in [2.05, 4.69) is 10.2 Å². The Morgan fingerprint density at radius 2 is 2.11 bits per heavy atom. The maximum Gasteiger partial charge on any atom is 0.419 e. The molecule has 6 heteroatoms. The smallest absolute Gasteiger partial charge is 0.419 e. The van der Waals surface area contributed by atoms with E-state index in [1.165, 1.54) is 19.2 Å². The summed E-state index contributed by atoms with van der Waals surface area (Å²) in [5, 5.41) is 3.24. The third kappa shape index (κ3) is 3.01. The Morgan fingerprint density at radius 1 is 1.37 bits per heavy atom. The fourth-order valence-corrected chi connectivity index (χ4v) is 2.33. The predicted molar refractivity (Wildman–Crippen MR) is 66.2 cm³/mol. The van der Waals surface area contributed by atoms with Crippen LogP contribution in [0.15, 0.2) is 18.2 Å². The molecule has 0 amide bonds. The highest BCUT2D eigenvalue weighted by molar-refractivity contribution is 5.40. The second kappa shape index (κ2) is 5.38. The van der Waals surface area contributed by atoms with Crippen molar-refractivity contribution in [3.05, 3.63) is 29.3 Å². The number of benzene rings is 1. The first-order valence-corrected chi connectivity index (χ1v) is 6.09. The number of methoxy groups -OCH3 is 1. The van der Waals surface area contributed by atoms with Crippen LogP contribution in [-0.4, -0.2) is 38.7 Å². The van der Waals surface area contributed by atoms with Crippen molar-refractivity contribution in [1.29, 1.82) is 0 Å². The molecule has 1 heterocycles. The first-order chi connectivity index (χ1) is 8.93. The Labute approximate surface area is 110 Å². The summed E-state index contributed by atoms with van der Waals surface area (Å²) in [4.78, 5) is 2.12. The molecule has 0 saturated carbocycles. The number of ether oxygens (including phenoxy) is 1. The molecule has 0 bridgehead atoms. The minimum Gasteiger partial charge on any atom is -0.496 e. The van der Waals surface area contributed by atoms with Gasteiger partial charge in [-0.2, -0.15) is 13.2 Å². The van der Waals surface area contributed by atoms with Crippen LogP contribution >= 0.6 is 0 Å². The van der Waals surface area contributed by atoms with Crippen LogP contribution in [-0.2, 0) is 6.18 Å². The lowest BCUT2D eigenvalue weighted by Crippen LogP contribution is -2.43. The molecule has 19 heavy (non-hydrogen) atoms. The number of alkyl halides is 3. The summed E-state index contributed by atoms with van der Waals surface area (Å²) in [6.07, 6.45) is -4.39. The summed E-state index contributed by atoms with van der Waals surface area (Å²) in [6.45, 7) is 2.49. The van der Waals surface area contributed by atoms with Crippen LogP contribution in [0, 0.1) is 0 Å². The van der Waals surface area contributed by atoms with Crippen molar-refractivity contribution < 1.29 is 17.9 Å². The molecule has 1 N–H and O–H groups in total. The van der Waals surface area contributed by atoms with E-state index in [-0.39, 0.29) is 11.8 Å². The van der Waals surface area contributed by atoms with Gasteiger partial charge >= 0.3 is 6.18 Å². The van der Waals surface area contributed by atoms with Gasteiger partial charge in [-0.25, -0.2) is 0 Å². The number of rotatable bonds is 2. The van der Waals surface area contributed by atoms with Gasteiger partial charge in [0.15, 0.2) is 0 Å². The second-order valence-electron chi connectivity index (χ2n) is 4.66. The highest BCUT2D eigenvalue weighted by atomic mass is 19.4. The van der Waals surface area contributed by atoms with E-state index in [9.17, 15) is 13.2 Å². The largest absolute Gasteiger partial charge is 0.496 e. The van der Waals surface area contributed by atoms with Crippen molar-refractivity contribution in [1.82, 2.24) is 10.2 Å². The Morgan fingerprint density at radius 3 is 2.68 bits per heavy atom. The number of hydrogen-bond donors (Lipinski definition) is 1. The summed E-state index contributed by atoms with van der Waals surface area (Å²) in [6, 6.07) is 4.18. The van der Waals surface area contributed by atoms with Gasteiger partial charge in [0.25, 0.3) is 0 Å². The molecule has 1 aliphatic rings. The molecule has 0 aliphatic carbocycles. The molecule has 1 aromatic carbocycles. The van der Waals surface area contributed by atoms with Gasteiger partial charge in [-0.3, -0.25) is 4.90 Å². The summed E-state index contributed by atoms with van der Waals surface area (Å²) in [5.41, 5.74) is 0.102. The lowest BCUT2D eigenvalue weighted by molar-refractivity contribution is -0.138. The molecular weight excluding hydrogens is 257 g/mol. The Kier molecular flexibility index (Phi) is 4.01. The average molecular weight is 274 g/mol. The van der Waals surface area contributed by atoms with Gasteiger partial charge in [0, 0.05) is 25.7 Å². The zero-order valence-corrected chi connectivity index (χ0v) is 10.9. The number of halogens is 3. The Balaban J connectivity index is 2.33. The summed E-state index contributed by atoms with van der Waals surface area (Å²) in [5.74, 6) is -0.121. The first kappa shape index (κ1) is 14.1. The maximum atomic E-state index is 12.8. The van der Waals surface area contributed by atoms with E-state index in [1.54, 1.807) is 0 Å². The molecule has 0 aromatic heterocycles. The van der Waals surface area contributed by atoms with E-state index in [0.717, 1.165) is 31.3 Å². The topological polar surface area (TPSA) is 24.5 Å². The average Bonchev–Trinajstić information content (AvgIpc) is 2.37. The molecule has 106 valence electrons. The molecule has 1 atom stereocenters. The SMILES string of the molecule is COc1cc(C2CNCCN2C)ccc1C(F)(F)F. The van der Waals surface area contributed by atoms with Crippen LogP contribution in [0.4, 0.5) is 13.2 Å². The normalized spacial score (nSPS) is 21.4. The fourth-order valence-electron chi connectivity index (χ4n) is 2.33. The number of likely N-dealkylation sites (N-methyl/N-ethyl adjacent to an activating group) is 1. The van der Waals surface area contributed by atoms with Gasteiger partial charge in [0.1, 0.15) is 5.75 Å². The molecule has 1 fully saturated rings. The van der Waals surface area contributed by atoms with Crippen molar-refractivity contribution in [2.75, 3.05) is 33.8 Å². The van der Waals surface area contributed by atoms with Crippen LogP contribution in [0.25, 0.3) is 0 Å². The third-order valence-corrected chi connectivity index (χ3v) is 3.43. The van der Waals surface area contributed by atoms with E-state index < -0.39 is 11.7 Å². The highest BCUT2D eigenvalue weighted by Crippen LogP contribution is 2.38. The van der Waals surface area contributed by atoms with E-state index in [1.807, 2.05) is 7.05 Å². The molecule has 1 aliphatic heterocycles. The molecule has 2 rings (SSSR count). The van der Waals surface area contributed by atoms with Gasteiger partial charge in [-0.05, 0) is 24.7 Å². The van der Waals surface area contributed by atoms with Gasteiger partial charge in [0.05, 0.1) is 12.7 Å². The Hall–Kier alpha value is -1.27. The van der Waals surface area contributed by atoms with Crippen LogP contribution in [0.3, 0.4) is 0 Å². The van der Waals surface area contributed by atoms with E-state index in [0.29, 0.717) is 0 Å². The molecule has 3 nitrogen and oxygen atoms in total. The van der Waals surface area contributed by atoms with E-state index >= 15 is 0 Å². The molecule has 1 saturated heterocycles. The fraction of sp³-hybridized carbons (Fsp3) is 0.538. The highest BCUT2D eigenvalue weighted by Gasteiger charge is 2.35. The lowest BCUT2D eigenvalue weighted by Gasteiger charge is -2.33. The maximum absolute atomic E-state index is 12.8. The number of hydrogen-bond acceptors (Lipinski definition) is 3. The number of piperazine rings is 1. The monoisotopic (exact) mass is 274 g/mol. The molecule has 0 spiro atoms. The standard InChI is InChI=1S/C13H17F3N2O/c1-18-6-5-17-8-11(18)9-3-4-10(13(14,15)16)12(7-9)19-2/h3-4,7,11,17H,5-6,8H2,1-2H3. The number of nitrogens with one attached hydrogen (secondary N) is 1. The zero-order valence-electron chi connectivity index (χ0n) is 10.9. The summed E-state index contributed by atoms with van der Waals surface area (Å²) in [7, 11) is 3.23. The molecule has 1 unspecified atom stereocenters. The van der Waals surface area contributed by atoms with Crippen molar-refractivity contribution >= 4 is 0 Å². The van der Waals surface area contributed by atoms with Gasteiger partial charge in [0.2, 0.25) is 0 Å². The second-order valence-corrected chi connectivity index (χ2v) is 4.66. The van der Waals surface area contributed by atoms with Crippen molar-refractivity contribution in [2.45, 2.75) is 12.2 Å². The molecule has 1 aromatic rings. The molecule has 0 radical (unpaired) electrons.